The van der Waals surface area contributed by atoms with Gasteiger partial charge < -0.3 is 10.4 Å². The molecule has 2 aromatic rings. The van der Waals surface area contributed by atoms with Crippen LogP contribution in [0.5, 0.6) is 0 Å². The molecule has 0 spiro atoms. The number of nitrogens with one attached hydrogen (secondary N) is 1. The highest BCUT2D eigenvalue weighted by molar-refractivity contribution is 5.43. The van der Waals surface area contributed by atoms with Gasteiger partial charge in [-0.1, -0.05) is 13.8 Å². The summed E-state index contributed by atoms with van der Waals surface area (Å²) in [7, 11) is 0. The predicted molar refractivity (Wildman–Crippen MR) is 75.3 cm³/mol. The number of nitrogens with zero attached hydrogens (tertiary/aromatic N) is 3. The van der Waals surface area contributed by atoms with E-state index in [1.54, 1.807) is 17.1 Å². The molecule has 5 heteroatoms. The van der Waals surface area contributed by atoms with Crippen LogP contribution < -0.4 is 5.32 Å². The van der Waals surface area contributed by atoms with Gasteiger partial charge in [-0.05, 0) is 24.6 Å². The lowest BCUT2D eigenvalue weighted by molar-refractivity contribution is 0.149. The highest BCUT2D eigenvalue weighted by atomic mass is 16.3. The Hall–Kier alpha value is -1.88. The topological polar surface area (TPSA) is 63.0 Å². The van der Waals surface area contributed by atoms with E-state index >= 15 is 0 Å². The Bertz CT molecular complexity index is 489. The van der Waals surface area contributed by atoms with Crippen LogP contribution in [-0.2, 0) is 0 Å². The fourth-order valence-electron chi connectivity index (χ4n) is 1.64. The fourth-order valence-corrected chi connectivity index (χ4v) is 1.64. The van der Waals surface area contributed by atoms with Gasteiger partial charge in [-0.3, -0.25) is 0 Å². The molecule has 0 aliphatic carbocycles. The van der Waals surface area contributed by atoms with Gasteiger partial charge in [0.1, 0.15) is 0 Å². The number of aliphatic hydroxyl groups is 1. The van der Waals surface area contributed by atoms with Gasteiger partial charge in [0.05, 0.1) is 18.5 Å². The molecule has 102 valence electrons. The highest BCUT2D eigenvalue weighted by Crippen LogP contribution is 2.21. The minimum absolute atomic E-state index is 0.0966. The Morgan fingerprint density at radius 1 is 1.42 bits per heavy atom. The Balaban J connectivity index is 2.00. The van der Waals surface area contributed by atoms with E-state index in [-0.39, 0.29) is 12.0 Å². The standard InChI is InChI=1S/C14H20N4O/c1-3-14(2,11-19)10-16-12-5-6-13(15-9-12)18-8-4-7-17-18/h4-9,16,19H,3,10-11H2,1-2H3. The normalized spacial score (nSPS) is 14.1. The molecule has 2 N–H and O–H groups in total. The minimum Gasteiger partial charge on any atom is -0.396 e. The highest BCUT2D eigenvalue weighted by Gasteiger charge is 2.20. The van der Waals surface area contributed by atoms with E-state index in [2.05, 4.69) is 29.2 Å². The Morgan fingerprint density at radius 3 is 2.79 bits per heavy atom. The van der Waals surface area contributed by atoms with Gasteiger partial charge in [0.15, 0.2) is 5.82 Å². The summed E-state index contributed by atoms with van der Waals surface area (Å²) in [6.45, 7) is 5.04. The maximum Gasteiger partial charge on any atom is 0.153 e. The SMILES string of the molecule is CCC(C)(CO)CNc1ccc(-n2cccn2)nc1. The van der Waals surface area contributed by atoms with Crippen molar-refractivity contribution < 1.29 is 5.11 Å². The maximum atomic E-state index is 9.37. The molecule has 0 aliphatic rings. The van der Waals surface area contributed by atoms with Crippen LogP contribution >= 0.6 is 0 Å². The maximum absolute atomic E-state index is 9.37. The zero-order chi connectivity index (χ0) is 13.7. The smallest absolute Gasteiger partial charge is 0.153 e. The van der Waals surface area contributed by atoms with E-state index in [0.717, 1.165) is 24.5 Å². The third-order valence-corrected chi connectivity index (χ3v) is 3.44. The number of aromatic nitrogens is 3. The van der Waals surface area contributed by atoms with Crippen LogP contribution in [0.1, 0.15) is 20.3 Å². The lowest BCUT2D eigenvalue weighted by Crippen LogP contribution is -2.29. The van der Waals surface area contributed by atoms with Crippen LogP contribution in [0.15, 0.2) is 36.8 Å². The number of hydrogen-bond acceptors (Lipinski definition) is 4. The summed E-state index contributed by atoms with van der Waals surface area (Å²) in [6, 6.07) is 5.75. The third-order valence-electron chi connectivity index (χ3n) is 3.44. The van der Waals surface area contributed by atoms with Crippen LogP contribution in [0, 0.1) is 5.41 Å². The van der Waals surface area contributed by atoms with Crippen LogP contribution in [0.25, 0.3) is 5.82 Å². The molecule has 19 heavy (non-hydrogen) atoms. The summed E-state index contributed by atoms with van der Waals surface area (Å²) in [4.78, 5) is 4.35. The molecule has 0 aliphatic heterocycles. The zero-order valence-electron chi connectivity index (χ0n) is 11.4. The first-order chi connectivity index (χ1) is 9.17. The quantitative estimate of drug-likeness (QED) is 0.834. The second-order valence-corrected chi connectivity index (χ2v) is 5.03. The third kappa shape index (κ3) is 3.32. The van der Waals surface area contributed by atoms with Crippen LogP contribution in [0.2, 0.25) is 0 Å². The number of rotatable bonds is 6. The number of anilines is 1. The molecule has 0 radical (unpaired) electrons. The van der Waals surface area contributed by atoms with Gasteiger partial charge in [0.25, 0.3) is 0 Å². The summed E-state index contributed by atoms with van der Waals surface area (Å²) in [5.74, 6) is 0.788. The molecule has 2 aromatic heterocycles. The second kappa shape index (κ2) is 5.84. The molecule has 1 unspecified atom stereocenters. The van der Waals surface area contributed by atoms with Gasteiger partial charge in [0, 0.05) is 24.4 Å². The first-order valence-corrected chi connectivity index (χ1v) is 6.48. The van der Waals surface area contributed by atoms with Crippen LogP contribution in [0.3, 0.4) is 0 Å². The molecular formula is C14H20N4O. The van der Waals surface area contributed by atoms with Gasteiger partial charge in [-0.15, -0.1) is 0 Å². The van der Waals surface area contributed by atoms with Gasteiger partial charge in [0.2, 0.25) is 0 Å². The van der Waals surface area contributed by atoms with Gasteiger partial charge in [-0.25, -0.2) is 9.67 Å². The first-order valence-electron chi connectivity index (χ1n) is 6.48. The van der Waals surface area contributed by atoms with E-state index in [9.17, 15) is 5.11 Å². The van der Waals surface area contributed by atoms with Crippen molar-refractivity contribution in [1.82, 2.24) is 14.8 Å². The average molecular weight is 260 g/mol. The number of hydrogen-bond donors (Lipinski definition) is 2. The molecule has 0 saturated heterocycles. The van der Waals surface area contributed by atoms with Gasteiger partial charge in [-0.2, -0.15) is 5.10 Å². The summed E-state index contributed by atoms with van der Waals surface area (Å²) >= 11 is 0. The van der Waals surface area contributed by atoms with Crippen molar-refractivity contribution in [1.29, 1.82) is 0 Å². The molecular weight excluding hydrogens is 240 g/mol. The van der Waals surface area contributed by atoms with E-state index < -0.39 is 0 Å². The largest absolute Gasteiger partial charge is 0.396 e. The number of aliphatic hydroxyl groups excluding tert-OH is 1. The number of pyridine rings is 1. The summed E-state index contributed by atoms with van der Waals surface area (Å²) in [6.07, 6.45) is 6.29. The van der Waals surface area contributed by atoms with E-state index in [4.69, 9.17) is 0 Å². The lowest BCUT2D eigenvalue weighted by atomic mass is 9.88. The second-order valence-electron chi connectivity index (χ2n) is 5.03. The van der Waals surface area contributed by atoms with Crippen LogP contribution in [-0.4, -0.2) is 33.0 Å². The van der Waals surface area contributed by atoms with Crippen LogP contribution in [0.4, 0.5) is 5.69 Å². The molecule has 0 bridgehead atoms. The molecule has 2 rings (SSSR count). The van der Waals surface area contributed by atoms with E-state index in [1.165, 1.54) is 0 Å². The van der Waals surface area contributed by atoms with Crippen molar-refractivity contribution >= 4 is 5.69 Å². The molecule has 0 fully saturated rings. The fraction of sp³-hybridized carbons (Fsp3) is 0.429. The Morgan fingerprint density at radius 2 is 2.26 bits per heavy atom. The molecule has 0 amide bonds. The molecule has 0 saturated carbocycles. The molecule has 2 heterocycles. The van der Waals surface area contributed by atoms with Crippen molar-refractivity contribution in [2.75, 3.05) is 18.5 Å². The van der Waals surface area contributed by atoms with Crippen molar-refractivity contribution in [2.45, 2.75) is 20.3 Å². The minimum atomic E-state index is -0.0966. The summed E-state index contributed by atoms with van der Waals surface area (Å²) in [5, 5.41) is 16.8. The average Bonchev–Trinajstić information content (AvgIpc) is 2.99. The van der Waals surface area contributed by atoms with Gasteiger partial charge >= 0.3 is 0 Å². The van der Waals surface area contributed by atoms with Crippen molar-refractivity contribution in [3.8, 4) is 5.82 Å². The first kappa shape index (κ1) is 13.5. The Labute approximate surface area is 113 Å². The van der Waals surface area contributed by atoms with Crippen molar-refractivity contribution in [3.63, 3.8) is 0 Å². The lowest BCUT2D eigenvalue weighted by Gasteiger charge is -2.26. The van der Waals surface area contributed by atoms with Crippen molar-refractivity contribution in [3.05, 3.63) is 36.8 Å². The predicted octanol–water partition coefficient (Wildman–Crippen LogP) is 2.09. The van der Waals surface area contributed by atoms with Crippen molar-refractivity contribution in [2.24, 2.45) is 5.41 Å². The molecule has 0 aromatic carbocycles. The Kier molecular flexibility index (Phi) is 4.16. The monoisotopic (exact) mass is 260 g/mol. The summed E-state index contributed by atoms with van der Waals surface area (Å²) < 4.78 is 1.72. The molecule has 1 atom stereocenters. The van der Waals surface area contributed by atoms with E-state index in [0.29, 0.717) is 0 Å². The molecule has 5 nitrogen and oxygen atoms in total. The zero-order valence-corrected chi connectivity index (χ0v) is 11.4. The van der Waals surface area contributed by atoms with E-state index in [1.807, 2.05) is 24.4 Å². The summed E-state index contributed by atoms with van der Waals surface area (Å²) in [5.41, 5.74) is 0.852.